The molecular weight excluding hydrogens is 375 g/mol. The average Bonchev–Trinajstić information content (AvgIpc) is 2.45. The Morgan fingerprint density at radius 2 is 2.00 bits per heavy atom. The van der Waals surface area contributed by atoms with Gasteiger partial charge < -0.3 is 4.74 Å². The van der Waals surface area contributed by atoms with Gasteiger partial charge in [0.05, 0.1) is 4.47 Å². The molecule has 0 aliphatic carbocycles. The number of hydrogen-bond donors (Lipinski definition) is 0. The molecule has 108 valence electrons. The minimum Gasteiger partial charge on any atom is -0.488 e. The average molecular weight is 386 g/mol. The lowest BCUT2D eigenvalue weighted by molar-refractivity contribution is -0.107. The quantitative estimate of drug-likeness (QED) is 0.504. The maximum absolute atomic E-state index is 10.7. The molecule has 2 rings (SSSR count). The Balaban J connectivity index is 2.08. The molecular formula is C16H11BrCl2O2. The highest BCUT2D eigenvalue weighted by atomic mass is 79.9. The van der Waals surface area contributed by atoms with Crippen molar-refractivity contribution in [1.29, 1.82) is 0 Å². The van der Waals surface area contributed by atoms with Gasteiger partial charge in [-0.1, -0.05) is 41.9 Å². The Kier molecular flexibility index (Phi) is 5.85. The van der Waals surface area contributed by atoms with E-state index in [9.17, 15) is 4.79 Å². The van der Waals surface area contributed by atoms with Gasteiger partial charge in [-0.2, -0.15) is 0 Å². The molecule has 0 radical (unpaired) electrons. The number of carbonyl (C=O) groups excluding carboxylic acids is 1. The summed E-state index contributed by atoms with van der Waals surface area (Å²) in [5, 5.41) is 0.166. The zero-order chi connectivity index (χ0) is 15.2. The highest BCUT2D eigenvalue weighted by molar-refractivity contribution is 9.10. The summed E-state index contributed by atoms with van der Waals surface area (Å²) < 4.78 is 6.53. The van der Waals surface area contributed by atoms with Gasteiger partial charge in [-0.3, -0.25) is 4.79 Å². The van der Waals surface area contributed by atoms with E-state index in [0.29, 0.717) is 17.4 Å². The van der Waals surface area contributed by atoms with Crippen LogP contribution in [0.25, 0.3) is 6.08 Å². The number of allylic oxidation sites excluding steroid dienone is 1. The fraction of sp³-hybridized carbons (Fsp3) is 0.0625. The molecule has 0 aliphatic rings. The first-order valence-corrected chi connectivity index (χ1v) is 7.64. The highest BCUT2D eigenvalue weighted by Gasteiger charge is 2.04. The summed E-state index contributed by atoms with van der Waals surface area (Å²) in [7, 11) is 0. The van der Waals surface area contributed by atoms with Gasteiger partial charge in [0, 0.05) is 10.6 Å². The van der Waals surface area contributed by atoms with Crippen molar-refractivity contribution in [3.05, 3.63) is 69.2 Å². The van der Waals surface area contributed by atoms with E-state index in [2.05, 4.69) is 15.9 Å². The lowest BCUT2D eigenvalue weighted by Crippen LogP contribution is -1.96. The van der Waals surface area contributed by atoms with Gasteiger partial charge in [-0.25, -0.2) is 0 Å². The van der Waals surface area contributed by atoms with Crippen LogP contribution in [-0.2, 0) is 11.4 Å². The minimum absolute atomic E-state index is 0.383. The fourth-order valence-electron chi connectivity index (χ4n) is 1.67. The normalized spacial score (nSPS) is 10.8. The van der Waals surface area contributed by atoms with E-state index in [1.165, 1.54) is 6.08 Å². The van der Waals surface area contributed by atoms with Crippen molar-refractivity contribution in [3.8, 4) is 5.75 Å². The van der Waals surface area contributed by atoms with Gasteiger partial charge in [0.2, 0.25) is 5.24 Å². The van der Waals surface area contributed by atoms with Crippen molar-refractivity contribution in [3.63, 3.8) is 0 Å². The van der Waals surface area contributed by atoms with Crippen LogP contribution in [0, 0.1) is 0 Å². The third kappa shape index (κ3) is 4.88. The number of benzene rings is 2. The Bertz CT molecular complexity index is 684. The molecule has 0 atom stereocenters. The van der Waals surface area contributed by atoms with E-state index >= 15 is 0 Å². The van der Waals surface area contributed by atoms with E-state index in [-0.39, 0.29) is 0 Å². The van der Waals surface area contributed by atoms with Gasteiger partial charge in [-0.15, -0.1) is 0 Å². The van der Waals surface area contributed by atoms with Crippen LogP contribution in [0.5, 0.6) is 5.75 Å². The molecule has 0 N–H and O–H groups in total. The summed E-state index contributed by atoms with van der Waals surface area (Å²) >= 11 is 14.8. The molecule has 2 aromatic rings. The standard InChI is InChI=1S/C16H11BrCl2O2/c17-13-9-11(6-8-16(19)20)5-7-15(13)21-10-12-3-1-2-4-14(12)18/h1-9H,10H2/b8-6+. The molecule has 21 heavy (non-hydrogen) atoms. The monoisotopic (exact) mass is 384 g/mol. The van der Waals surface area contributed by atoms with Gasteiger partial charge in [0.1, 0.15) is 12.4 Å². The number of halogens is 3. The molecule has 0 heterocycles. The van der Waals surface area contributed by atoms with Gasteiger partial charge in [-0.05, 0) is 57.4 Å². The van der Waals surface area contributed by atoms with Crippen LogP contribution in [0.2, 0.25) is 5.02 Å². The first-order chi connectivity index (χ1) is 10.1. The second-order valence-corrected chi connectivity index (χ2v) is 5.84. The molecule has 0 amide bonds. The van der Waals surface area contributed by atoms with Crippen molar-refractivity contribution in [2.75, 3.05) is 0 Å². The SMILES string of the molecule is O=C(Cl)/C=C/c1ccc(OCc2ccccc2Cl)c(Br)c1. The van der Waals surface area contributed by atoms with Crippen LogP contribution in [0.15, 0.2) is 53.0 Å². The second-order valence-electron chi connectivity index (χ2n) is 4.21. The summed E-state index contributed by atoms with van der Waals surface area (Å²) in [6.45, 7) is 0.383. The Morgan fingerprint density at radius 1 is 1.24 bits per heavy atom. The van der Waals surface area contributed by atoms with Gasteiger partial charge in [0.25, 0.3) is 0 Å². The molecule has 0 aliphatic heterocycles. The van der Waals surface area contributed by atoms with Gasteiger partial charge >= 0.3 is 0 Å². The fourth-order valence-corrected chi connectivity index (χ4v) is 2.43. The highest BCUT2D eigenvalue weighted by Crippen LogP contribution is 2.28. The molecule has 2 aromatic carbocycles. The summed E-state index contributed by atoms with van der Waals surface area (Å²) in [6.07, 6.45) is 2.94. The molecule has 5 heteroatoms. The topological polar surface area (TPSA) is 26.3 Å². The Morgan fingerprint density at radius 3 is 2.67 bits per heavy atom. The zero-order valence-electron chi connectivity index (χ0n) is 10.9. The first-order valence-electron chi connectivity index (χ1n) is 6.09. The van der Waals surface area contributed by atoms with Crippen LogP contribution >= 0.6 is 39.1 Å². The largest absolute Gasteiger partial charge is 0.488 e. The maximum atomic E-state index is 10.7. The molecule has 2 nitrogen and oxygen atoms in total. The molecule has 0 fully saturated rings. The van der Waals surface area contributed by atoms with Crippen molar-refractivity contribution in [2.45, 2.75) is 6.61 Å². The van der Waals surface area contributed by atoms with E-state index < -0.39 is 5.24 Å². The third-order valence-corrected chi connectivity index (χ3v) is 3.82. The molecule has 0 saturated heterocycles. The van der Waals surface area contributed by atoms with E-state index in [0.717, 1.165) is 15.6 Å². The van der Waals surface area contributed by atoms with Crippen LogP contribution in [0.4, 0.5) is 0 Å². The smallest absolute Gasteiger partial charge is 0.245 e. The van der Waals surface area contributed by atoms with Gasteiger partial charge in [0.15, 0.2) is 0 Å². The van der Waals surface area contributed by atoms with Crippen molar-refractivity contribution in [2.24, 2.45) is 0 Å². The van der Waals surface area contributed by atoms with Crippen LogP contribution in [0.3, 0.4) is 0 Å². The molecule has 0 saturated carbocycles. The number of hydrogen-bond acceptors (Lipinski definition) is 2. The lowest BCUT2D eigenvalue weighted by Gasteiger charge is -2.10. The number of ether oxygens (including phenoxy) is 1. The summed E-state index contributed by atoms with van der Waals surface area (Å²) in [5.74, 6) is 0.698. The van der Waals surface area contributed by atoms with Crippen LogP contribution in [-0.4, -0.2) is 5.24 Å². The second kappa shape index (κ2) is 7.64. The lowest BCUT2D eigenvalue weighted by atomic mass is 10.2. The van der Waals surface area contributed by atoms with Crippen molar-refractivity contribution in [1.82, 2.24) is 0 Å². The molecule has 0 bridgehead atoms. The maximum Gasteiger partial charge on any atom is 0.245 e. The summed E-state index contributed by atoms with van der Waals surface area (Å²) in [5.41, 5.74) is 1.77. The Hall–Kier alpha value is -1.29. The molecule has 0 unspecified atom stereocenters. The predicted octanol–water partition coefficient (Wildman–Crippen LogP) is 5.46. The first kappa shape index (κ1) is 16.1. The van der Waals surface area contributed by atoms with E-state index in [1.807, 2.05) is 42.5 Å². The van der Waals surface area contributed by atoms with Crippen molar-refractivity contribution < 1.29 is 9.53 Å². The van der Waals surface area contributed by atoms with Crippen LogP contribution < -0.4 is 4.74 Å². The van der Waals surface area contributed by atoms with Crippen LogP contribution in [0.1, 0.15) is 11.1 Å². The summed E-state index contributed by atoms with van der Waals surface area (Å²) in [4.78, 5) is 10.7. The van der Waals surface area contributed by atoms with Crippen molar-refractivity contribution >= 4 is 50.5 Å². The minimum atomic E-state index is -0.509. The molecule has 0 aromatic heterocycles. The third-order valence-electron chi connectivity index (χ3n) is 2.70. The predicted molar refractivity (Wildman–Crippen MR) is 89.8 cm³/mol. The zero-order valence-corrected chi connectivity index (χ0v) is 14.0. The summed E-state index contributed by atoms with van der Waals surface area (Å²) in [6, 6.07) is 13.0. The molecule has 0 spiro atoms. The van der Waals surface area contributed by atoms with E-state index in [4.69, 9.17) is 27.9 Å². The van der Waals surface area contributed by atoms with E-state index in [1.54, 1.807) is 6.08 Å². The number of carbonyl (C=O) groups is 1. The number of rotatable bonds is 5. The Labute approximate surface area is 141 Å².